The summed E-state index contributed by atoms with van der Waals surface area (Å²) in [6.45, 7) is 5.60. The van der Waals surface area contributed by atoms with E-state index in [1.54, 1.807) is 19.1 Å². The highest BCUT2D eigenvalue weighted by Gasteiger charge is 2.14. The fourth-order valence-electron chi connectivity index (χ4n) is 3.04. The van der Waals surface area contributed by atoms with E-state index >= 15 is 0 Å². The third-order valence-electron chi connectivity index (χ3n) is 4.45. The number of carboxylic acids is 1. The van der Waals surface area contributed by atoms with Gasteiger partial charge in [0.1, 0.15) is 5.82 Å². The summed E-state index contributed by atoms with van der Waals surface area (Å²) < 4.78 is 36.1. The van der Waals surface area contributed by atoms with E-state index in [4.69, 9.17) is 14.4 Å². The van der Waals surface area contributed by atoms with Crippen LogP contribution in [0.4, 0.5) is 4.39 Å². The Morgan fingerprint density at radius 2 is 1.90 bits per heavy atom. The molecule has 0 spiro atoms. The van der Waals surface area contributed by atoms with E-state index in [1.807, 2.05) is 26.0 Å². The Bertz CT molecular complexity index is 899. The number of aryl methyl sites for hydroxylation is 3. The molecule has 29 heavy (non-hydrogen) atoms. The molecule has 0 radical (unpaired) electrons. The Labute approximate surface area is 170 Å². The summed E-state index contributed by atoms with van der Waals surface area (Å²) in [6, 6.07) is 8.96. The number of ether oxygens (including phenoxy) is 1. The van der Waals surface area contributed by atoms with Crippen LogP contribution in [0.1, 0.15) is 28.7 Å². The van der Waals surface area contributed by atoms with Crippen LogP contribution in [0, 0.1) is 26.6 Å². The molecule has 0 heterocycles. The van der Waals surface area contributed by atoms with Crippen LogP contribution >= 0.6 is 8.03 Å². The van der Waals surface area contributed by atoms with Crippen LogP contribution in [-0.2, 0) is 25.2 Å². The van der Waals surface area contributed by atoms with Crippen LogP contribution in [0.25, 0.3) is 11.1 Å². The maximum absolute atomic E-state index is 13.6. The van der Waals surface area contributed by atoms with E-state index in [1.165, 1.54) is 6.07 Å². The molecule has 0 aliphatic heterocycles. The largest absolute Gasteiger partial charge is 0.481 e. The van der Waals surface area contributed by atoms with Crippen LogP contribution in [0.5, 0.6) is 0 Å². The fourth-order valence-corrected chi connectivity index (χ4v) is 3.90. The molecule has 2 rings (SSSR count). The highest BCUT2D eigenvalue weighted by molar-refractivity contribution is 7.39. The molecule has 0 aliphatic carbocycles. The van der Waals surface area contributed by atoms with E-state index in [0.29, 0.717) is 5.56 Å². The van der Waals surface area contributed by atoms with Gasteiger partial charge in [0.05, 0.1) is 19.1 Å². The van der Waals surface area contributed by atoms with Gasteiger partial charge in [0.25, 0.3) is 0 Å². The van der Waals surface area contributed by atoms with Gasteiger partial charge in [0.15, 0.2) is 14.8 Å². The molecule has 2 N–H and O–H groups in total. The van der Waals surface area contributed by atoms with Crippen molar-refractivity contribution in [3.05, 3.63) is 58.4 Å². The number of carbonyl (C=O) groups is 1. The Kier molecular flexibility index (Phi) is 8.53. The second kappa shape index (κ2) is 10.6. The quantitative estimate of drug-likeness (QED) is 0.337. The van der Waals surface area contributed by atoms with Gasteiger partial charge in [-0.25, -0.2) is 4.39 Å². The van der Waals surface area contributed by atoms with Gasteiger partial charge in [0, 0.05) is 6.16 Å². The van der Waals surface area contributed by atoms with Crippen molar-refractivity contribution < 1.29 is 33.2 Å². The molecule has 2 aromatic carbocycles. The van der Waals surface area contributed by atoms with Gasteiger partial charge in [-0.2, -0.15) is 0 Å². The molecular weight excluding hydrogens is 398 g/mol. The maximum Gasteiger partial charge on any atom is 0.305 e. The van der Waals surface area contributed by atoms with Gasteiger partial charge in [-0.15, -0.1) is 0 Å². The second-order valence-corrected chi connectivity index (χ2v) is 8.45. The first kappa shape index (κ1) is 23.2. The first-order valence-electron chi connectivity index (χ1n) is 9.17. The van der Waals surface area contributed by atoms with Gasteiger partial charge in [-0.3, -0.25) is 9.36 Å². The summed E-state index contributed by atoms with van der Waals surface area (Å²) in [6.07, 6.45) is -1.93. The number of benzene rings is 2. The smallest absolute Gasteiger partial charge is 0.305 e. The topological polar surface area (TPSA) is 93.1 Å². The minimum absolute atomic E-state index is 0.199. The van der Waals surface area contributed by atoms with Crippen molar-refractivity contribution in [3.8, 4) is 11.1 Å². The maximum atomic E-state index is 13.6. The van der Waals surface area contributed by atoms with Crippen LogP contribution in [0.2, 0.25) is 0 Å². The SMILES string of the molecule is Cc1cc(C)c(COCO[PH](=O)CC(O)CC(=O)O)c(-c2ccc(F)c(C)c2)c1. The molecular formula is C21H26FO6P. The number of carboxylic acid groups (broad SMARTS) is 1. The molecule has 6 nitrogen and oxygen atoms in total. The van der Waals surface area contributed by atoms with Crippen LogP contribution < -0.4 is 0 Å². The fraction of sp³-hybridized carbons (Fsp3) is 0.381. The minimum atomic E-state index is -2.61. The van der Waals surface area contributed by atoms with Crippen molar-refractivity contribution in [1.29, 1.82) is 0 Å². The van der Waals surface area contributed by atoms with Crippen LogP contribution in [-0.4, -0.2) is 35.2 Å². The number of aliphatic hydroxyl groups excluding tert-OH is 1. The van der Waals surface area contributed by atoms with E-state index in [9.17, 15) is 18.9 Å². The predicted octanol–water partition coefficient (Wildman–Crippen LogP) is 4.22. The highest BCUT2D eigenvalue weighted by atomic mass is 31.1. The number of hydrogen-bond acceptors (Lipinski definition) is 5. The molecule has 158 valence electrons. The Morgan fingerprint density at radius 1 is 1.17 bits per heavy atom. The zero-order valence-corrected chi connectivity index (χ0v) is 17.7. The summed E-state index contributed by atoms with van der Waals surface area (Å²) >= 11 is 0. The van der Waals surface area contributed by atoms with Crippen LogP contribution in [0.15, 0.2) is 30.3 Å². The van der Waals surface area contributed by atoms with Gasteiger partial charge in [0.2, 0.25) is 0 Å². The molecule has 0 saturated heterocycles. The van der Waals surface area contributed by atoms with Crippen molar-refractivity contribution in [2.24, 2.45) is 0 Å². The molecule has 2 aromatic rings. The van der Waals surface area contributed by atoms with Crippen molar-refractivity contribution in [2.45, 2.75) is 39.9 Å². The lowest BCUT2D eigenvalue weighted by molar-refractivity contribution is -0.138. The van der Waals surface area contributed by atoms with Gasteiger partial charge >= 0.3 is 5.97 Å². The zero-order valence-electron chi connectivity index (χ0n) is 16.7. The average molecular weight is 424 g/mol. The number of halogens is 1. The van der Waals surface area contributed by atoms with Crippen molar-refractivity contribution in [2.75, 3.05) is 13.0 Å². The van der Waals surface area contributed by atoms with E-state index in [2.05, 4.69) is 0 Å². The highest BCUT2D eigenvalue weighted by Crippen LogP contribution is 2.30. The zero-order chi connectivity index (χ0) is 21.6. The van der Waals surface area contributed by atoms with E-state index < -0.39 is 26.5 Å². The molecule has 2 atom stereocenters. The summed E-state index contributed by atoms with van der Waals surface area (Å²) in [5.74, 6) is -1.43. The first-order valence-corrected chi connectivity index (χ1v) is 10.7. The molecule has 0 amide bonds. The van der Waals surface area contributed by atoms with Crippen molar-refractivity contribution >= 4 is 14.0 Å². The molecule has 0 aromatic heterocycles. The number of rotatable bonds is 10. The Morgan fingerprint density at radius 3 is 2.55 bits per heavy atom. The number of hydrogen-bond donors (Lipinski definition) is 2. The summed E-state index contributed by atoms with van der Waals surface area (Å²) in [5.41, 5.74) is 5.34. The first-order chi connectivity index (χ1) is 13.7. The van der Waals surface area contributed by atoms with Gasteiger partial charge < -0.3 is 19.5 Å². The van der Waals surface area contributed by atoms with E-state index in [-0.39, 0.29) is 25.4 Å². The lowest BCUT2D eigenvalue weighted by Gasteiger charge is -2.16. The molecule has 0 saturated carbocycles. The lowest BCUT2D eigenvalue weighted by atomic mass is 9.93. The van der Waals surface area contributed by atoms with Gasteiger partial charge in [-0.1, -0.05) is 23.8 Å². The molecule has 0 aliphatic rings. The van der Waals surface area contributed by atoms with E-state index in [0.717, 1.165) is 27.8 Å². The number of aliphatic carboxylic acids is 1. The van der Waals surface area contributed by atoms with Crippen molar-refractivity contribution in [3.63, 3.8) is 0 Å². The van der Waals surface area contributed by atoms with Crippen LogP contribution in [0.3, 0.4) is 0 Å². The average Bonchev–Trinajstić information content (AvgIpc) is 2.61. The second-order valence-electron chi connectivity index (χ2n) is 7.01. The summed E-state index contributed by atoms with van der Waals surface area (Å²) in [4.78, 5) is 10.5. The van der Waals surface area contributed by atoms with Crippen molar-refractivity contribution in [1.82, 2.24) is 0 Å². The Balaban J connectivity index is 2.03. The summed E-state index contributed by atoms with van der Waals surface area (Å²) in [5, 5.41) is 18.1. The summed E-state index contributed by atoms with van der Waals surface area (Å²) in [7, 11) is -2.61. The normalized spacial score (nSPS) is 13.3. The Hall–Kier alpha value is -2.05. The molecule has 8 heteroatoms. The van der Waals surface area contributed by atoms with Gasteiger partial charge in [-0.05, 0) is 60.7 Å². The molecule has 0 fully saturated rings. The number of aliphatic hydroxyl groups is 1. The molecule has 2 unspecified atom stereocenters. The third-order valence-corrected chi connectivity index (χ3v) is 5.69. The molecule has 0 bridgehead atoms. The monoisotopic (exact) mass is 424 g/mol. The standard InChI is InChI=1S/C21H26FO6P/c1-13-6-14(2)19(18(7-13)16-4-5-20(22)15(3)8-16)10-27-12-28-29(26)11-17(23)9-21(24)25/h4-8,17,23,29H,9-12H2,1-3H3,(H,24,25). The lowest BCUT2D eigenvalue weighted by Crippen LogP contribution is -2.15. The minimum Gasteiger partial charge on any atom is -0.481 e. The predicted molar refractivity (Wildman–Crippen MR) is 109 cm³/mol. The third kappa shape index (κ3) is 7.05.